The van der Waals surface area contributed by atoms with Crippen LogP contribution in [0.4, 0.5) is 0 Å². The summed E-state index contributed by atoms with van der Waals surface area (Å²) in [5, 5.41) is 15.6. The summed E-state index contributed by atoms with van der Waals surface area (Å²) in [5.74, 6) is 3.96. The van der Waals surface area contributed by atoms with Crippen LogP contribution in [0.3, 0.4) is 0 Å². The second-order valence-electron chi connectivity index (χ2n) is 7.96. The molecule has 0 amide bonds. The van der Waals surface area contributed by atoms with E-state index >= 15 is 0 Å². The molecule has 1 unspecified atom stereocenters. The molecule has 2 aliphatic rings. The number of aliphatic imine (C=N–C) groups is 1. The molecule has 1 fully saturated rings. The van der Waals surface area contributed by atoms with Crippen LogP contribution < -0.4 is 10.6 Å². The van der Waals surface area contributed by atoms with Gasteiger partial charge in [-0.25, -0.2) is 4.99 Å². The maximum absolute atomic E-state index is 4.77. The molecule has 0 bridgehead atoms. The van der Waals surface area contributed by atoms with Gasteiger partial charge in [0.05, 0.1) is 0 Å². The molecule has 3 rings (SSSR count). The Bertz CT molecular complexity index is 579. The molecule has 1 atom stereocenters. The number of halogens is 1. The van der Waals surface area contributed by atoms with E-state index in [0.717, 1.165) is 43.0 Å². The van der Waals surface area contributed by atoms with E-state index in [1.807, 2.05) is 0 Å². The lowest BCUT2D eigenvalue weighted by molar-refractivity contribution is 0.322. The number of nitrogens with one attached hydrogen (secondary N) is 2. The fraction of sp³-hybridized carbons (Fsp3) is 0.850. The second kappa shape index (κ2) is 11.9. The number of guanidine groups is 1. The van der Waals surface area contributed by atoms with Gasteiger partial charge in [0.2, 0.25) is 0 Å². The summed E-state index contributed by atoms with van der Waals surface area (Å²) in [4.78, 5) is 4.77. The van der Waals surface area contributed by atoms with E-state index in [2.05, 4.69) is 39.2 Å². The summed E-state index contributed by atoms with van der Waals surface area (Å²) in [6.07, 6.45) is 13.2. The van der Waals surface area contributed by atoms with E-state index in [-0.39, 0.29) is 24.0 Å². The first-order valence-electron chi connectivity index (χ1n) is 10.7. The fourth-order valence-electron chi connectivity index (χ4n) is 4.22. The van der Waals surface area contributed by atoms with Crippen LogP contribution in [-0.4, -0.2) is 33.3 Å². The highest BCUT2D eigenvalue weighted by Crippen LogP contribution is 2.27. The van der Waals surface area contributed by atoms with Crippen LogP contribution in [0.5, 0.6) is 0 Å². The van der Waals surface area contributed by atoms with Gasteiger partial charge in [-0.05, 0) is 45.4 Å². The summed E-state index contributed by atoms with van der Waals surface area (Å²) in [6, 6.07) is 0.446. The van der Waals surface area contributed by atoms with Gasteiger partial charge >= 0.3 is 0 Å². The van der Waals surface area contributed by atoms with Crippen LogP contribution in [0.2, 0.25) is 0 Å². The summed E-state index contributed by atoms with van der Waals surface area (Å²) in [5.41, 5.74) is 0. The summed E-state index contributed by atoms with van der Waals surface area (Å²) >= 11 is 0. The normalized spacial score (nSPS) is 19.1. The molecule has 7 heteroatoms. The maximum atomic E-state index is 4.77. The van der Waals surface area contributed by atoms with Crippen LogP contribution in [0.15, 0.2) is 4.99 Å². The van der Waals surface area contributed by atoms with Crippen molar-refractivity contribution in [2.45, 2.75) is 97.2 Å². The van der Waals surface area contributed by atoms with Crippen molar-refractivity contribution in [2.24, 2.45) is 10.9 Å². The largest absolute Gasteiger partial charge is 0.357 e. The van der Waals surface area contributed by atoms with E-state index in [0.29, 0.717) is 12.6 Å². The summed E-state index contributed by atoms with van der Waals surface area (Å²) in [7, 11) is 0. The quantitative estimate of drug-likeness (QED) is 0.346. The minimum atomic E-state index is 0. The van der Waals surface area contributed by atoms with Gasteiger partial charge < -0.3 is 15.2 Å². The molecule has 2 N–H and O–H groups in total. The minimum absolute atomic E-state index is 0. The van der Waals surface area contributed by atoms with Gasteiger partial charge in [-0.3, -0.25) is 0 Å². The first-order valence-corrected chi connectivity index (χ1v) is 10.7. The van der Waals surface area contributed by atoms with E-state index in [9.17, 15) is 0 Å². The average molecular weight is 488 g/mol. The Morgan fingerprint density at radius 2 is 2.00 bits per heavy atom. The Balaban J connectivity index is 0.00000261. The van der Waals surface area contributed by atoms with Crippen LogP contribution in [0.25, 0.3) is 0 Å². The van der Waals surface area contributed by atoms with Crippen molar-refractivity contribution in [3.05, 3.63) is 11.6 Å². The molecule has 0 spiro atoms. The number of nitrogens with zero attached hydrogens (tertiary/aromatic N) is 4. The molecular weight excluding hydrogens is 451 g/mol. The van der Waals surface area contributed by atoms with Crippen molar-refractivity contribution < 1.29 is 0 Å². The topological polar surface area (TPSA) is 67.1 Å². The number of hydrogen-bond donors (Lipinski definition) is 2. The Morgan fingerprint density at radius 1 is 1.19 bits per heavy atom. The van der Waals surface area contributed by atoms with Crippen LogP contribution in [0, 0.1) is 5.92 Å². The van der Waals surface area contributed by atoms with Crippen LogP contribution >= 0.6 is 24.0 Å². The smallest absolute Gasteiger partial charge is 0.191 e. The highest BCUT2D eigenvalue weighted by atomic mass is 127. The SMILES string of the molecule is CCNC(=NCc1nnc2n1CCCC2)NC(C)CCC1CCCCC1.I. The molecule has 154 valence electrons. The summed E-state index contributed by atoms with van der Waals surface area (Å²) in [6.45, 7) is 6.89. The molecule has 1 aliphatic carbocycles. The zero-order valence-corrected chi connectivity index (χ0v) is 19.4. The summed E-state index contributed by atoms with van der Waals surface area (Å²) < 4.78 is 2.25. The molecule has 0 aromatic carbocycles. The maximum Gasteiger partial charge on any atom is 0.191 e. The average Bonchev–Trinajstić information content (AvgIpc) is 3.09. The zero-order valence-electron chi connectivity index (χ0n) is 17.0. The number of aryl methyl sites for hydroxylation is 1. The van der Waals surface area contributed by atoms with Gasteiger partial charge in [-0.2, -0.15) is 0 Å². The molecule has 1 aliphatic heterocycles. The van der Waals surface area contributed by atoms with E-state index in [1.165, 1.54) is 57.8 Å². The lowest BCUT2D eigenvalue weighted by atomic mass is 9.85. The van der Waals surface area contributed by atoms with Gasteiger partial charge in [0, 0.05) is 25.6 Å². The van der Waals surface area contributed by atoms with Crippen molar-refractivity contribution in [3.8, 4) is 0 Å². The Kier molecular flexibility index (Phi) is 9.86. The van der Waals surface area contributed by atoms with Gasteiger partial charge in [-0.15, -0.1) is 34.2 Å². The molecule has 1 saturated carbocycles. The Hall–Kier alpha value is -0.860. The van der Waals surface area contributed by atoms with Gasteiger partial charge in [-0.1, -0.05) is 32.1 Å². The van der Waals surface area contributed by atoms with Crippen molar-refractivity contribution in [3.63, 3.8) is 0 Å². The zero-order chi connectivity index (χ0) is 18.2. The predicted octanol–water partition coefficient (Wildman–Crippen LogP) is 4.04. The molecular formula is C20H37IN6. The van der Waals surface area contributed by atoms with Crippen LogP contribution in [-0.2, 0) is 19.5 Å². The van der Waals surface area contributed by atoms with E-state index in [4.69, 9.17) is 4.99 Å². The number of hydrogen-bond acceptors (Lipinski definition) is 3. The number of aromatic nitrogens is 3. The third-order valence-corrected chi connectivity index (χ3v) is 5.77. The lowest BCUT2D eigenvalue weighted by Crippen LogP contribution is -2.42. The Labute approximate surface area is 181 Å². The van der Waals surface area contributed by atoms with Crippen molar-refractivity contribution >= 4 is 29.9 Å². The second-order valence-corrected chi connectivity index (χ2v) is 7.96. The molecule has 6 nitrogen and oxygen atoms in total. The molecule has 2 heterocycles. The fourth-order valence-corrected chi connectivity index (χ4v) is 4.22. The van der Waals surface area contributed by atoms with Crippen molar-refractivity contribution in [1.82, 2.24) is 25.4 Å². The molecule has 0 saturated heterocycles. The molecule has 0 radical (unpaired) electrons. The number of fused-ring (bicyclic) bond motifs is 1. The van der Waals surface area contributed by atoms with Crippen molar-refractivity contribution in [1.29, 1.82) is 0 Å². The molecule has 1 aromatic rings. The highest BCUT2D eigenvalue weighted by molar-refractivity contribution is 14.0. The van der Waals surface area contributed by atoms with Gasteiger partial charge in [0.15, 0.2) is 11.8 Å². The highest BCUT2D eigenvalue weighted by Gasteiger charge is 2.17. The van der Waals surface area contributed by atoms with Gasteiger partial charge in [0.25, 0.3) is 0 Å². The Morgan fingerprint density at radius 3 is 2.78 bits per heavy atom. The lowest BCUT2D eigenvalue weighted by Gasteiger charge is -2.24. The van der Waals surface area contributed by atoms with Crippen LogP contribution in [0.1, 0.15) is 83.3 Å². The van der Waals surface area contributed by atoms with E-state index in [1.54, 1.807) is 0 Å². The third kappa shape index (κ3) is 6.91. The first kappa shape index (κ1) is 22.4. The monoisotopic (exact) mass is 488 g/mol. The molecule has 1 aromatic heterocycles. The van der Waals surface area contributed by atoms with Crippen molar-refractivity contribution in [2.75, 3.05) is 6.54 Å². The standard InChI is InChI=1S/C20H36N6.HI/c1-3-21-20(23-16(2)12-13-17-9-5-4-6-10-17)22-15-19-25-24-18-11-7-8-14-26(18)19;/h16-17H,3-15H2,1-2H3,(H2,21,22,23);1H. The first-order chi connectivity index (χ1) is 12.8. The predicted molar refractivity (Wildman–Crippen MR) is 122 cm³/mol. The number of rotatable bonds is 7. The van der Waals surface area contributed by atoms with Gasteiger partial charge in [0.1, 0.15) is 12.4 Å². The molecule has 27 heavy (non-hydrogen) atoms. The van der Waals surface area contributed by atoms with E-state index < -0.39 is 0 Å². The third-order valence-electron chi connectivity index (χ3n) is 5.77. The minimum Gasteiger partial charge on any atom is -0.357 e.